The number of hydrogen-bond acceptors (Lipinski definition) is 3. The van der Waals surface area contributed by atoms with Gasteiger partial charge in [-0.15, -0.1) is 11.6 Å². The van der Waals surface area contributed by atoms with E-state index in [0.29, 0.717) is 11.6 Å². The number of ether oxygens (including phenoxy) is 1. The number of aliphatic imine (C=N–C) groups is 1. The Bertz CT molecular complexity index is 388. The number of halogens is 1. The zero-order valence-corrected chi connectivity index (χ0v) is 9.41. The van der Waals surface area contributed by atoms with E-state index in [4.69, 9.17) is 11.6 Å². The Kier molecular flexibility index (Phi) is 4.31. The molecule has 0 aliphatic carbocycles. The third kappa shape index (κ3) is 2.57. The van der Waals surface area contributed by atoms with Crippen molar-refractivity contribution >= 4 is 23.3 Å². The number of esters is 1. The van der Waals surface area contributed by atoms with Gasteiger partial charge in [0.2, 0.25) is 0 Å². The molecule has 0 aliphatic heterocycles. The van der Waals surface area contributed by atoms with Gasteiger partial charge in [-0.1, -0.05) is 24.3 Å². The van der Waals surface area contributed by atoms with E-state index in [1.54, 1.807) is 13.1 Å². The molecule has 0 heterocycles. The predicted octanol–water partition coefficient (Wildman–Crippen LogP) is 2.02. The third-order valence-corrected chi connectivity index (χ3v) is 2.31. The monoisotopic (exact) mass is 225 g/mol. The fraction of sp³-hybridized carbons (Fsp3) is 0.273. The van der Waals surface area contributed by atoms with E-state index in [2.05, 4.69) is 9.73 Å². The highest BCUT2D eigenvalue weighted by Crippen LogP contribution is 2.13. The van der Waals surface area contributed by atoms with Gasteiger partial charge in [0.15, 0.2) is 5.71 Å². The topological polar surface area (TPSA) is 38.7 Å². The predicted molar refractivity (Wildman–Crippen MR) is 60.5 cm³/mol. The molecule has 0 amide bonds. The second-order valence-corrected chi connectivity index (χ2v) is 3.12. The van der Waals surface area contributed by atoms with Gasteiger partial charge < -0.3 is 4.74 Å². The minimum absolute atomic E-state index is 0.300. The molecule has 0 aromatic heterocycles. The second kappa shape index (κ2) is 5.51. The van der Waals surface area contributed by atoms with Gasteiger partial charge in [-0.25, -0.2) is 4.79 Å². The van der Waals surface area contributed by atoms with Crippen molar-refractivity contribution in [2.45, 2.75) is 5.88 Å². The van der Waals surface area contributed by atoms with Crippen LogP contribution in [0.3, 0.4) is 0 Å². The number of hydrogen-bond donors (Lipinski definition) is 0. The van der Waals surface area contributed by atoms with Crippen LogP contribution in [0.2, 0.25) is 0 Å². The highest BCUT2D eigenvalue weighted by atomic mass is 35.5. The summed E-state index contributed by atoms with van der Waals surface area (Å²) >= 11 is 5.77. The average Bonchev–Trinajstić information content (AvgIpc) is 2.30. The summed E-state index contributed by atoms with van der Waals surface area (Å²) in [6.07, 6.45) is 0. The maximum Gasteiger partial charge on any atom is 0.356 e. The zero-order valence-electron chi connectivity index (χ0n) is 8.66. The van der Waals surface area contributed by atoms with E-state index in [1.165, 1.54) is 7.11 Å². The number of methoxy groups -OCH3 is 1. The second-order valence-electron chi connectivity index (χ2n) is 2.85. The molecular weight excluding hydrogens is 214 g/mol. The summed E-state index contributed by atoms with van der Waals surface area (Å²) in [4.78, 5) is 15.3. The molecule has 0 radical (unpaired) electrons. The van der Waals surface area contributed by atoms with Crippen LogP contribution in [0.4, 0.5) is 0 Å². The van der Waals surface area contributed by atoms with Crippen molar-refractivity contribution in [2.75, 3.05) is 14.2 Å². The highest BCUT2D eigenvalue weighted by Gasteiger charge is 2.15. The van der Waals surface area contributed by atoms with E-state index < -0.39 is 5.97 Å². The summed E-state index contributed by atoms with van der Waals surface area (Å²) in [6, 6.07) is 7.36. The summed E-state index contributed by atoms with van der Waals surface area (Å²) in [5.74, 6) is -0.110. The van der Waals surface area contributed by atoms with Crippen molar-refractivity contribution in [2.24, 2.45) is 4.99 Å². The van der Waals surface area contributed by atoms with E-state index in [9.17, 15) is 4.79 Å². The van der Waals surface area contributed by atoms with Crippen molar-refractivity contribution in [1.29, 1.82) is 0 Å². The maximum absolute atomic E-state index is 11.4. The van der Waals surface area contributed by atoms with Crippen molar-refractivity contribution in [1.82, 2.24) is 0 Å². The summed E-state index contributed by atoms with van der Waals surface area (Å²) in [5.41, 5.74) is 1.89. The van der Waals surface area contributed by atoms with Crippen LogP contribution in [0.25, 0.3) is 0 Å². The first-order valence-corrected chi connectivity index (χ1v) is 4.97. The smallest absolute Gasteiger partial charge is 0.356 e. The molecule has 80 valence electrons. The van der Waals surface area contributed by atoms with Gasteiger partial charge in [-0.05, 0) is 5.56 Å². The Hall–Kier alpha value is -1.35. The Morgan fingerprint density at radius 3 is 2.67 bits per heavy atom. The lowest BCUT2D eigenvalue weighted by molar-refractivity contribution is -0.132. The summed E-state index contributed by atoms with van der Waals surface area (Å²) in [5, 5.41) is 0. The maximum atomic E-state index is 11.4. The van der Waals surface area contributed by atoms with Gasteiger partial charge in [0.1, 0.15) is 0 Å². The number of alkyl halides is 1. The lowest BCUT2D eigenvalue weighted by Gasteiger charge is -2.07. The molecule has 0 aliphatic rings. The normalized spacial score (nSPS) is 11.3. The van der Waals surface area contributed by atoms with Crippen LogP contribution in [-0.2, 0) is 15.4 Å². The SMILES string of the molecule is C/N=C(/C(=O)OC)c1ccccc1CCl. The molecule has 0 spiro atoms. The number of nitrogens with zero attached hydrogens (tertiary/aromatic N) is 1. The molecule has 0 unspecified atom stereocenters. The first-order valence-electron chi connectivity index (χ1n) is 4.44. The van der Waals surface area contributed by atoms with Crippen molar-refractivity contribution in [3.8, 4) is 0 Å². The fourth-order valence-electron chi connectivity index (χ4n) is 1.29. The third-order valence-electron chi connectivity index (χ3n) is 2.02. The molecule has 1 aromatic carbocycles. The van der Waals surface area contributed by atoms with Crippen LogP contribution < -0.4 is 0 Å². The minimum Gasteiger partial charge on any atom is -0.464 e. The molecule has 0 atom stereocenters. The van der Waals surface area contributed by atoms with Gasteiger partial charge in [0.05, 0.1) is 7.11 Å². The number of carbonyl (C=O) groups is 1. The van der Waals surface area contributed by atoms with E-state index in [1.807, 2.05) is 18.2 Å². The lowest BCUT2D eigenvalue weighted by atomic mass is 10.0. The number of carbonyl (C=O) groups excluding carboxylic acids is 1. The lowest BCUT2D eigenvalue weighted by Crippen LogP contribution is -2.18. The molecule has 3 nitrogen and oxygen atoms in total. The molecule has 0 N–H and O–H groups in total. The molecule has 15 heavy (non-hydrogen) atoms. The molecule has 0 bridgehead atoms. The Balaban J connectivity index is 3.18. The van der Waals surface area contributed by atoms with Crippen LogP contribution in [-0.4, -0.2) is 25.8 Å². The fourth-order valence-corrected chi connectivity index (χ4v) is 1.52. The quantitative estimate of drug-likeness (QED) is 0.449. The van der Waals surface area contributed by atoms with E-state index in [-0.39, 0.29) is 0 Å². The standard InChI is InChI=1S/C11H12ClNO2/c1-13-10(11(14)15-2)9-6-4-3-5-8(9)7-12/h3-6H,7H2,1-2H3/b13-10+. The van der Waals surface area contributed by atoms with Crippen molar-refractivity contribution < 1.29 is 9.53 Å². The van der Waals surface area contributed by atoms with E-state index in [0.717, 1.165) is 11.1 Å². The van der Waals surface area contributed by atoms with Crippen LogP contribution in [0, 0.1) is 0 Å². The van der Waals surface area contributed by atoms with Crippen molar-refractivity contribution in [3.63, 3.8) is 0 Å². The number of benzene rings is 1. The summed E-state index contributed by atoms with van der Waals surface area (Å²) < 4.78 is 4.64. The van der Waals surface area contributed by atoms with Crippen LogP contribution >= 0.6 is 11.6 Å². The molecule has 1 rings (SSSR count). The van der Waals surface area contributed by atoms with Gasteiger partial charge >= 0.3 is 5.97 Å². The summed E-state index contributed by atoms with van der Waals surface area (Å²) in [6.45, 7) is 0. The van der Waals surface area contributed by atoms with Crippen LogP contribution in [0.5, 0.6) is 0 Å². The van der Waals surface area contributed by atoms with E-state index >= 15 is 0 Å². The summed E-state index contributed by atoms with van der Waals surface area (Å²) in [7, 11) is 2.88. The molecule has 4 heteroatoms. The first-order chi connectivity index (χ1) is 7.24. The molecule has 0 fully saturated rings. The van der Waals surface area contributed by atoms with Gasteiger partial charge in [-0.2, -0.15) is 0 Å². The van der Waals surface area contributed by atoms with Crippen LogP contribution in [0.15, 0.2) is 29.3 Å². The Labute approximate surface area is 93.7 Å². The first kappa shape index (κ1) is 11.7. The molecule has 0 saturated carbocycles. The zero-order chi connectivity index (χ0) is 11.3. The van der Waals surface area contributed by atoms with Crippen LogP contribution in [0.1, 0.15) is 11.1 Å². The van der Waals surface area contributed by atoms with Crippen molar-refractivity contribution in [3.05, 3.63) is 35.4 Å². The largest absolute Gasteiger partial charge is 0.464 e. The minimum atomic E-state index is -0.449. The Morgan fingerprint density at radius 1 is 1.47 bits per heavy atom. The van der Waals surface area contributed by atoms with Gasteiger partial charge in [-0.3, -0.25) is 4.99 Å². The Morgan fingerprint density at radius 2 is 2.13 bits per heavy atom. The number of rotatable bonds is 3. The molecular formula is C11H12ClNO2. The molecule has 0 saturated heterocycles. The molecule has 1 aromatic rings. The van der Waals surface area contributed by atoms with Gasteiger partial charge in [0.25, 0.3) is 0 Å². The van der Waals surface area contributed by atoms with Gasteiger partial charge in [0, 0.05) is 18.5 Å². The highest BCUT2D eigenvalue weighted by molar-refractivity contribution is 6.43. The average molecular weight is 226 g/mol.